The largest absolute Gasteiger partial charge is 0.338 e. The summed E-state index contributed by atoms with van der Waals surface area (Å²) in [5.41, 5.74) is 0. The number of piperazine rings is 1. The van der Waals surface area contributed by atoms with Crippen LogP contribution in [0.2, 0.25) is 0 Å². The number of urea groups is 1. The molecule has 2 fully saturated rings. The van der Waals surface area contributed by atoms with E-state index >= 15 is 0 Å². The third-order valence-corrected chi connectivity index (χ3v) is 8.80. The van der Waals surface area contributed by atoms with Crippen molar-refractivity contribution in [3.8, 4) is 0 Å². The highest BCUT2D eigenvalue weighted by molar-refractivity contribution is 7.89. The van der Waals surface area contributed by atoms with E-state index in [0.29, 0.717) is 32.5 Å². The van der Waals surface area contributed by atoms with Crippen molar-refractivity contribution in [3.63, 3.8) is 0 Å². The minimum atomic E-state index is -3.94. The van der Waals surface area contributed by atoms with Gasteiger partial charge in [-0.1, -0.05) is 12.1 Å². The van der Waals surface area contributed by atoms with Crippen LogP contribution in [0, 0.1) is 11.7 Å². The number of nitrogens with zero attached hydrogens (tertiary/aromatic N) is 3. The van der Waals surface area contributed by atoms with E-state index in [0.717, 1.165) is 6.07 Å². The van der Waals surface area contributed by atoms with Crippen LogP contribution in [0.5, 0.6) is 0 Å². The molecule has 12 heteroatoms. The Morgan fingerprint density at radius 3 is 2.17 bits per heavy atom. The van der Waals surface area contributed by atoms with Crippen molar-refractivity contribution in [1.29, 1.82) is 0 Å². The molecule has 0 atom stereocenters. The second kappa shape index (κ2) is 9.16. The number of hydrogen-bond acceptors (Lipinski definition) is 5. The Kier molecular flexibility index (Phi) is 7.00. The number of amides is 2. The van der Waals surface area contributed by atoms with Gasteiger partial charge in [-0.15, -0.1) is 0 Å². The molecule has 30 heavy (non-hydrogen) atoms. The lowest BCUT2D eigenvalue weighted by atomic mass is 9.98. The van der Waals surface area contributed by atoms with Crippen LogP contribution in [-0.2, 0) is 20.0 Å². The van der Waals surface area contributed by atoms with E-state index in [2.05, 4.69) is 5.32 Å². The molecule has 1 aromatic carbocycles. The first-order chi connectivity index (χ1) is 14.1. The Hall–Kier alpha value is -1.76. The van der Waals surface area contributed by atoms with Gasteiger partial charge in [0, 0.05) is 45.8 Å². The van der Waals surface area contributed by atoms with Gasteiger partial charge in [-0.05, 0) is 30.9 Å². The zero-order chi connectivity index (χ0) is 21.9. The van der Waals surface area contributed by atoms with E-state index < -0.39 is 25.9 Å². The van der Waals surface area contributed by atoms with Gasteiger partial charge in [-0.2, -0.15) is 4.31 Å². The van der Waals surface area contributed by atoms with Crippen molar-refractivity contribution in [2.24, 2.45) is 5.92 Å². The Morgan fingerprint density at radius 1 is 1.00 bits per heavy atom. The van der Waals surface area contributed by atoms with Crippen LogP contribution in [0.25, 0.3) is 0 Å². The normalized spacial score (nSPS) is 20.3. The van der Waals surface area contributed by atoms with Gasteiger partial charge in [0.2, 0.25) is 20.0 Å². The maximum atomic E-state index is 13.9. The van der Waals surface area contributed by atoms with Crippen molar-refractivity contribution in [2.75, 3.05) is 52.1 Å². The number of rotatable bonds is 5. The van der Waals surface area contributed by atoms with Crippen molar-refractivity contribution in [3.05, 3.63) is 30.1 Å². The first-order valence-corrected chi connectivity index (χ1v) is 13.1. The lowest BCUT2D eigenvalue weighted by Crippen LogP contribution is -2.53. The summed E-state index contributed by atoms with van der Waals surface area (Å²) in [6.45, 7) is 1.97. The van der Waals surface area contributed by atoms with Crippen LogP contribution in [-0.4, -0.2) is 88.4 Å². The minimum absolute atomic E-state index is 0.0941. The summed E-state index contributed by atoms with van der Waals surface area (Å²) >= 11 is 0. The summed E-state index contributed by atoms with van der Waals surface area (Å²) in [5.74, 6) is -0.589. The van der Waals surface area contributed by atoms with Crippen LogP contribution in [0.15, 0.2) is 29.2 Å². The summed E-state index contributed by atoms with van der Waals surface area (Å²) in [5, 5.41) is 2.86. The molecule has 1 N–H and O–H groups in total. The molecule has 0 unspecified atom stereocenters. The lowest BCUT2D eigenvalue weighted by molar-refractivity contribution is 0.168. The Bertz CT molecular complexity index is 970. The number of nitrogens with one attached hydrogen (secondary N) is 1. The maximum absolute atomic E-state index is 13.9. The summed E-state index contributed by atoms with van der Waals surface area (Å²) in [7, 11) is -7.12. The summed E-state index contributed by atoms with van der Waals surface area (Å²) in [6, 6.07) is 4.97. The molecule has 1 aromatic rings. The average molecular weight is 463 g/mol. The number of carbonyl (C=O) groups excluding carboxylic acids is 1. The predicted octanol–water partition coefficient (Wildman–Crippen LogP) is 0.513. The molecular formula is C18H27FN4O5S2. The van der Waals surface area contributed by atoms with Crippen molar-refractivity contribution >= 4 is 26.1 Å². The first kappa shape index (κ1) is 22.9. The van der Waals surface area contributed by atoms with Gasteiger partial charge >= 0.3 is 6.03 Å². The zero-order valence-electron chi connectivity index (χ0n) is 16.8. The number of hydrogen-bond donors (Lipinski definition) is 1. The van der Waals surface area contributed by atoms with Crippen LogP contribution in [0.4, 0.5) is 9.18 Å². The topological polar surface area (TPSA) is 107 Å². The number of piperidine rings is 1. The fourth-order valence-electron chi connectivity index (χ4n) is 3.71. The quantitative estimate of drug-likeness (QED) is 0.686. The Morgan fingerprint density at radius 2 is 1.60 bits per heavy atom. The number of carbonyl (C=O) groups is 1. The second-order valence-electron chi connectivity index (χ2n) is 7.61. The van der Waals surface area contributed by atoms with Gasteiger partial charge in [-0.25, -0.2) is 30.3 Å². The third-order valence-electron chi connectivity index (χ3n) is 5.56. The van der Waals surface area contributed by atoms with E-state index in [-0.39, 0.29) is 43.0 Å². The molecule has 168 valence electrons. The number of sulfonamides is 2. The molecule has 0 spiro atoms. The SMILES string of the molecule is CS(=O)(=O)N1CCC(CNC(=O)N2CCN(S(=O)(=O)c3ccccc3F)CC2)CC1. The molecule has 0 aliphatic carbocycles. The Labute approximate surface area is 176 Å². The standard InChI is InChI=1S/C18H27FN4O5S2/c1-29(25,26)22-8-6-15(7-9-22)14-20-18(24)21-10-12-23(13-11-21)30(27,28)17-5-3-2-4-16(17)19/h2-5,15H,6-14H2,1H3,(H,20,24). The first-order valence-electron chi connectivity index (χ1n) is 9.81. The predicted molar refractivity (Wildman–Crippen MR) is 109 cm³/mol. The number of halogens is 1. The highest BCUT2D eigenvalue weighted by Gasteiger charge is 2.32. The molecule has 3 rings (SSSR count). The smallest absolute Gasteiger partial charge is 0.317 e. The van der Waals surface area contributed by atoms with Gasteiger partial charge in [0.05, 0.1) is 6.26 Å². The molecule has 0 saturated carbocycles. The molecule has 0 aromatic heterocycles. The molecule has 2 aliphatic rings. The van der Waals surface area contributed by atoms with Gasteiger partial charge in [-0.3, -0.25) is 0 Å². The molecule has 0 radical (unpaired) electrons. The highest BCUT2D eigenvalue weighted by atomic mass is 32.2. The average Bonchev–Trinajstić information content (AvgIpc) is 2.72. The summed E-state index contributed by atoms with van der Waals surface area (Å²) in [4.78, 5) is 13.6. The van der Waals surface area contributed by atoms with Gasteiger partial charge in [0.25, 0.3) is 0 Å². The minimum Gasteiger partial charge on any atom is -0.338 e. The van der Waals surface area contributed by atoms with Crippen molar-refractivity contribution in [1.82, 2.24) is 18.8 Å². The van der Waals surface area contributed by atoms with Gasteiger partial charge in [0.15, 0.2) is 0 Å². The van der Waals surface area contributed by atoms with Gasteiger partial charge in [0.1, 0.15) is 10.7 Å². The highest BCUT2D eigenvalue weighted by Crippen LogP contribution is 2.21. The molecule has 2 amide bonds. The van der Waals surface area contributed by atoms with E-state index in [4.69, 9.17) is 0 Å². The van der Waals surface area contributed by atoms with Crippen LogP contribution in [0.1, 0.15) is 12.8 Å². The molecule has 2 aliphatic heterocycles. The number of benzene rings is 1. The fourth-order valence-corrected chi connectivity index (χ4v) is 6.07. The van der Waals surface area contributed by atoms with Crippen LogP contribution >= 0.6 is 0 Å². The van der Waals surface area contributed by atoms with Gasteiger partial charge < -0.3 is 10.2 Å². The van der Waals surface area contributed by atoms with Crippen LogP contribution in [0.3, 0.4) is 0 Å². The van der Waals surface area contributed by atoms with Crippen molar-refractivity contribution < 1.29 is 26.0 Å². The van der Waals surface area contributed by atoms with E-state index in [1.807, 2.05) is 0 Å². The fraction of sp³-hybridized carbons (Fsp3) is 0.611. The monoisotopic (exact) mass is 462 g/mol. The molecule has 9 nitrogen and oxygen atoms in total. The maximum Gasteiger partial charge on any atom is 0.317 e. The molecule has 2 heterocycles. The molecular weight excluding hydrogens is 435 g/mol. The van der Waals surface area contributed by atoms with E-state index in [1.54, 1.807) is 4.90 Å². The summed E-state index contributed by atoms with van der Waals surface area (Å²) in [6.07, 6.45) is 2.56. The second-order valence-corrected chi connectivity index (χ2v) is 11.5. The lowest BCUT2D eigenvalue weighted by Gasteiger charge is -2.35. The van der Waals surface area contributed by atoms with E-state index in [1.165, 1.54) is 33.1 Å². The Balaban J connectivity index is 1.46. The third kappa shape index (κ3) is 5.29. The zero-order valence-corrected chi connectivity index (χ0v) is 18.5. The van der Waals surface area contributed by atoms with Crippen LogP contribution < -0.4 is 5.32 Å². The summed E-state index contributed by atoms with van der Waals surface area (Å²) < 4.78 is 64.9. The van der Waals surface area contributed by atoms with E-state index in [9.17, 15) is 26.0 Å². The van der Waals surface area contributed by atoms with Crippen molar-refractivity contribution in [2.45, 2.75) is 17.7 Å². The molecule has 0 bridgehead atoms. The molecule has 2 saturated heterocycles.